The Balaban J connectivity index is 1.15. The number of nitrogens with zero attached hydrogens (tertiary/aromatic N) is 5. The van der Waals surface area contributed by atoms with Crippen LogP contribution >= 0.6 is 0 Å². The van der Waals surface area contributed by atoms with Gasteiger partial charge in [-0.25, -0.2) is 19.5 Å². The van der Waals surface area contributed by atoms with Crippen LogP contribution in [0.5, 0.6) is 0 Å². The third-order valence-corrected chi connectivity index (χ3v) is 11.3. The molecule has 5 nitrogen and oxygen atoms in total. The van der Waals surface area contributed by atoms with Crippen LogP contribution in [0.4, 0.5) is 0 Å². The summed E-state index contributed by atoms with van der Waals surface area (Å²) >= 11 is 0. The van der Waals surface area contributed by atoms with E-state index in [9.17, 15) is 0 Å². The predicted molar refractivity (Wildman–Crippen MR) is 250 cm³/mol. The first-order valence-corrected chi connectivity index (χ1v) is 20.5. The van der Waals surface area contributed by atoms with E-state index in [1.54, 1.807) is 0 Å². The van der Waals surface area contributed by atoms with Gasteiger partial charge in [-0.15, -0.1) is 0 Å². The molecule has 0 radical (unpaired) electrons. The maximum atomic E-state index is 5.55. The number of benzene rings is 8. The lowest BCUT2D eigenvalue weighted by molar-refractivity contribution is 0.981. The van der Waals surface area contributed by atoms with Gasteiger partial charge in [0.2, 0.25) is 0 Å². The zero-order chi connectivity index (χ0) is 40.5. The molecule has 0 saturated carbocycles. The molecule has 11 rings (SSSR count). The summed E-state index contributed by atoms with van der Waals surface area (Å²) in [6, 6.07) is 78.0. The van der Waals surface area contributed by atoms with Crippen molar-refractivity contribution in [3.05, 3.63) is 224 Å². The van der Waals surface area contributed by atoms with Crippen molar-refractivity contribution in [2.24, 2.45) is 0 Å². The number of hydrogen-bond acceptors (Lipinski definition) is 4. The van der Waals surface area contributed by atoms with Crippen molar-refractivity contribution in [1.82, 2.24) is 24.6 Å². The maximum absolute atomic E-state index is 5.55. The topological polar surface area (TPSA) is 56.0 Å². The minimum absolute atomic E-state index is 0.598. The van der Waals surface area contributed by atoms with Crippen molar-refractivity contribution in [2.75, 3.05) is 0 Å². The first-order valence-electron chi connectivity index (χ1n) is 20.5. The van der Waals surface area contributed by atoms with E-state index in [1.165, 1.54) is 0 Å². The molecule has 0 aliphatic heterocycles. The summed E-state index contributed by atoms with van der Waals surface area (Å²) in [4.78, 5) is 15.3. The van der Waals surface area contributed by atoms with Gasteiger partial charge in [-0.3, -0.25) is 0 Å². The van der Waals surface area contributed by atoms with Gasteiger partial charge in [0.25, 0.3) is 0 Å². The maximum Gasteiger partial charge on any atom is 0.164 e. The first-order chi connectivity index (χ1) is 30.3. The quantitative estimate of drug-likeness (QED) is 0.154. The molecule has 0 unspecified atom stereocenters. The highest BCUT2D eigenvalue weighted by Crippen LogP contribution is 2.46. The van der Waals surface area contributed by atoms with Crippen molar-refractivity contribution < 1.29 is 0 Å². The Kier molecular flexibility index (Phi) is 9.10. The van der Waals surface area contributed by atoms with Crippen LogP contribution in [0.2, 0.25) is 0 Å². The summed E-state index contributed by atoms with van der Waals surface area (Å²) < 4.78 is 2.18. The zero-order valence-corrected chi connectivity index (χ0v) is 33.1. The standard InChI is InChI=1S/C56H37N5/c1-6-19-38(20-7-1)39-33-35-44(36-34-39)55-57-54(43-27-14-5-15-28-43)58-56(59-55)46-30-18-29-45(37-46)49-47-31-16-17-32-48(47)53-50(40-21-8-2-9-22-40)51(41-23-10-3-11-24-41)60-61(53)52(49)42-25-12-4-13-26-42/h1-37H. The van der Waals surface area contributed by atoms with Crippen LogP contribution in [0.1, 0.15) is 0 Å². The van der Waals surface area contributed by atoms with Gasteiger partial charge in [-0.2, -0.15) is 5.10 Å². The Hall–Kier alpha value is -8.28. The van der Waals surface area contributed by atoms with Gasteiger partial charge in [0.1, 0.15) is 5.69 Å². The van der Waals surface area contributed by atoms with Crippen LogP contribution in [0.15, 0.2) is 224 Å². The molecule has 0 aliphatic rings. The largest absolute Gasteiger partial charge is 0.231 e. The fourth-order valence-electron chi connectivity index (χ4n) is 8.41. The number of aromatic nitrogens is 5. The Morgan fingerprint density at radius 2 is 0.689 bits per heavy atom. The lowest BCUT2D eigenvalue weighted by Gasteiger charge is -2.18. The Bertz CT molecular complexity index is 3310. The van der Waals surface area contributed by atoms with Crippen molar-refractivity contribution in [2.45, 2.75) is 0 Å². The highest BCUT2D eigenvalue weighted by Gasteiger charge is 2.25. The van der Waals surface area contributed by atoms with Gasteiger partial charge in [0.15, 0.2) is 17.5 Å². The van der Waals surface area contributed by atoms with E-state index in [0.717, 1.165) is 88.9 Å². The molecule has 0 atom stereocenters. The average molecular weight is 780 g/mol. The van der Waals surface area contributed by atoms with E-state index in [2.05, 4.69) is 193 Å². The lowest BCUT2D eigenvalue weighted by Crippen LogP contribution is -2.01. The minimum Gasteiger partial charge on any atom is -0.231 e. The van der Waals surface area contributed by atoms with Gasteiger partial charge in [0.05, 0.1) is 11.2 Å². The highest BCUT2D eigenvalue weighted by atomic mass is 15.2. The van der Waals surface area contributed by atoms with Crippen molar-refractivity contribution in [3.8, 4) is 90.1 Å². The van der Waals surface area contributed by atoms with E-state index in [-0.39, 0.29) is 0 Å². The molecular weight excluding hydrogens is 743 g/mol. The monoisotopic (exact) mass is 779 g/mol. The summed E-state index contributed by atoms with van der Waals surface area (Å²) in [7, 11) is 0. The third kappa shape index (κ3) is 6.64. The molecule has 11 aromatic rings. The smallest absolute Gasteiger partial charge is 0.164 e. The summed E-state index contributed by atoms with van der Waals surface area (Å²) in [6.45, 7) is 0. The van der Waals surface area contributed by atoms with Crippen molar-refractivity contribution in [1.29, 1.82) is 0 Å². The first kappa shape index (κ1) is 35.8. The van der Waals surface area contributed by atoms with E-state index in [1.807, 2.05) is 36.4 Å². The van der Waals surface area contributed by atoms with Gasteiger partial charge in [-0.1, -0.05) is 218 Å². The van der Waals surface area contributed by atoms with Crippen LogP contribution in [0.25, 0.3) is 106 Å². The van der Waals surface area contributed by atoms with E-state index in [4.69, 9.17) is 20.1 Å². The van der Waals surface area contributed by atoms with Gasteiger partial charge >= 0.3 is 0 Å². The summed E-state index contributed by atoms with van der Waals surface area (Å²) in [5, 5.41) is 7.79. The predicted octanol–water partition coefficient (Wildman–Crippen LogP) is 14.0. The Morgan fingerprint density at radius 1 is 0.279 bits per heavy atom. The molecule has 0 fully saturated rings. The number of pyridine rings is 1. The van der Waals surface area contributed by atoms with Gasteiger partial charge in [-0.05, 0) is 33.7 Å². The molecule has 0 amide bonds. The average Bonchev–Trinajstić information content (AvgIpc) is 3.76. The molecule has 61 heavy (non-hydrogen) atoms. The molecule has 5 heteroatoms. The second-order valence-corrected chi connectivity index (χ2v) is 15.0. The highest BCUT2D eigenvalue weighted by molar-refractivity contribution is 6.15. The van der Waals surface area contributed by atoms with E-state index in [0.29, 0.717) is 17.5 Å². The normalized spacial score (nSPS) is 11.3. The Labute approximate surface area is 354 Å². The summed E-state index contributed by atoms with van der Waals surface area (Å²) in [5.74, 6) is 1.83. The van der Waals surface area contributed by atoms with Gasteiger partial charge < -0.3 is 0 Å². The van der Waals surface area contributed by atoms with Crippen LogP contribution in [0.3, 0.4) is 0 Å². The van der Waals surface area contributed by atoms with E-state index < -0.39 is 0 Å². The molecule has 0 bridgehead atoms. The van der Waals surface area contributed by atoms with Crippen LogP contribution in [-0.4, -0.2) is 24.6 Å². The fraction of sp³-hybridized carbons (Fsp3) is 0. The fourth-order valence-corrected chi connectivity index (χ4v) is 8.41. The molecule has 286 valence electrons. The SMILES string of the molecule is c1ccc(-c2ccc(-c3nc(-c4ccccc4)nc(-c4cccc(-c5c(-c6ccccc6)n6nc(-c7ccccc7)c(-c7ccccc7)c6c6ccccc56)c4)n3)cc2)cc1. The molecular formula is C56H37N5. The van der Waals surface area contributed by atoms with E-state index >= 15 is 0 Å². The van der Waals surface area contributed by atoms with Crippen LogP contribution in [0, 0.1) is 0 Å². The molecule has 3 aromatic heterocycles. The molecule has 3 heterocycles. The molecule has 8 aromatic carbocycles. The van der Waals surface area contributed by atoms with Crippen LogP contribution in [-0.2, 0) is 0 Å². The molecule has 0 N–H and O–H groups in total. The molecule has 0 saturated heterocycles. The lowest BCUT2D eigenvalue weighted by atomic mass is 9.90. The minimum atomic E-state index is 0.598. The molecule has 0 spiro atoms. The summed E-state index contributed by atoms with van der Waals surface area (Å²) in [5.41, 5.74) is 14.5. The van der Waals surface area contributed by atoms with Gasteiger partial charge in [0, 0.05) is 44.3 Å². The van der Waals surface area contributed by atoms with Crippen molar-refractivity contribution >= 4 is 16.3 Å². The number of fused-ring (bicyclic) bond motifs is 3. The Morgan fingerprint density at radius 3 is 1.30 bits per heavy atom. The number of hydrogen-bond donors (Lipinski definition) is 0. The second-order valence-electron chi connectivity index (χ2n) is 15.0. The third-order valence-electron chi connectivity index (χ3n) is 11.3. The van der Waals surface area contributed by atoms with Crippen LogP contribution < -0.4 is 0 Å². The zero-order valence-electron chi connectivity index (χ0n) is 33.1. The molecule has 0 aliphatic carbocycles. The summed E-state index contributed by atoms with van der Waals surface area (Å²) in [6.07, 6.45) is 0. The van der Waals surface area contributed by atoms with Crippen molar-refractivity contribution in [3.63, 3.8) is 0 Å². The second kappa shape index (κ2) is 15.5. The number of rotatable bonds is 8.